The number of phenols is 1. The highest BCUT2D eigenvalue weighted by Gasteiger charge is 2.57. The molecule has 41 heavy (non-hydrogen) atoms. The summed E-state index contributed by atoms with van der Waals surface area (Å²) >= 11 is 2.22. The van der Waals surface area contributed by atoms with Gasteiger partial charge in [-0.3, -0.25) is 23.7 Å². The molecule has 9 nitrogen and oxygen atoms in total. The topological polar surface area (TPSA) is 109 Å². The second kappa shape index (κ2) is 11.0. The van der Waals surface area contributed by atoms with E-state index in [9.17, 15) is 24.3 Å². The number of rotatable bonds is 6. The third-order valence-corrected chi connectivity index (χ3v) is 10.6. The van der Waals surface area contributed by atoms with Crippen molar-refractivity contribution in [1.29, 1.82) is 0 Å². The maximum atomic E-state index is 14.1. The van der Waals surface area contributed by atoms with E-state index in [1.165, 1.54) is 27.3 Å². The zero-order valence-electron chi connectivity index (χ0n) is 22.9. The van der Waals surface area contributed by atoms with Crippen LogP contribution >= 0.6 is 23.1 Å². The third-order valence-electron chi connectivity index (χ3n) is 7.99. The van der Waals surface area contributed by atoms with E-state index in [2.05, 4.69) is 0 Å². The average Bonchev–Trinajstić information content (AvgIpc) is 3.41. The summed E-state index contributed by atoms with van der Waals surface area (Å²) in [4.78, 5) is 57.9. The number of imide groups is 1. The summed E-state index contributed by atoms with van der Waals surface area (Å²) in [7, 11) is 0. The SMILES string of the molecule is CCOc1cc(C2c3sc(=O)n(CC(=O)N4CCCCC4)c3SC3C(=O)N(c4ccc(C)cc4)C(=O)C32)ccc1O. The number of likely N-dealkylation sites (tertiary alicyclic amines) is 1. The first-order valence-electron chi connectivity index (χ1n) is 13.9. The molecule has 3 atom stereocenters. The summed E-state index contributed by atoms with van der Waals surface area (Å²) in [6.07, 6.45) is 2.97. The van der Waals surface area contributed by atoms with Crippen LogP contribution in [0.2, 0.25) is 0 Å². The molecule has 3 aliphatic heterocycles. The van der Waals surface area contributed by atoms with E-state index in [-0.39, 0.29) is 40.6 Å². The van der Waals surface area contributed by atoms with Crippen molar-refractivity contribution in [2.75, 3.05) is 24.6 Å². The number of carbonyl (C=O) groups excluding carboxylic acids is 3. The Bertz CT molecular complexity index is 1570. The number of hydrogen-bond acceptors (Lipinski definition) is 8. The number of thioether (sulfide) groups is 1. The summed E-state index contributed by atoms with van der Waals surface area (Å²) < 4.78 is 7.11. The number of hydrogen-bond donors (Lipinski definition) is 1. The predicted molar refractivity (Wildman–Crippen MR) is 157 cm³/mol. The standard InChI is InChI=1S/C30H31N3O6S2/c1-3-39-21-15-18(9-12-20(21)34)23-24-25(28(37)33(27(24)36)19-10-7-17(2)8-11-19)40-29-26(23)41-30(38)32(29)16-22(35)31-13-5-4-6-14-31/h7-12,15,23-25,34H,3-6,13-14,16H2,1-2H3. The molecule has 4 heterocycles. The molecule has 6 rings (SSSR count). The molecule has 3 aromatic rings. The van der Waals surface area contributed by atoms with Gasteiger partial charge in [0.05, 0.1) is 23.2 Å². The van der Waals surface area contributed by atoms with E-state index in [0.717, 1.165) is 36.2 Å². The highest BCUT2D eigenvalue weighted by Crippen LogP contribution is 2.54. The van der Waals surface area contributed by atoms with Crippen LogP contribution in [0, 0.1) is 12.8 Å². The molecule has 0 bridgehead atoms. The Labute approximate surface area is 245 Å². The molecule has 3 unspecified atom stereocenters. The van der Waals surface area contributed by atoms with Crippen LogP contribution in [0.5, 0.6) is 11.5 Å². The summed E-state index contributed by atoms with van der Waals surface area (Å²) in [6.45, 7) is 5.31. The Morgan fingerprint density at radius 2 is 1.76 bits per heavy atom. The van der Waals surface area contributed by atoms with Crippen molar-refractivity contribution in [2.24, 2.45) is 5.92 Å². The van der Waals surface area contributed by atoms with Crippen LogP contribution in [0.25, 0.3) is 0 Å². The zero-order chi connectivity index (χ0) is 28.8. The lowest BCUT2D eigenvalue weighted by molar-refractivity contribution is -0.133. The number of piperidine rings is 1. The van der Waals surface area contributed by atoms with Gasteiger partial charge in [0.25, 0.3) is 0 Å². The van der Waals surface area contributed by atoms with Crippen LogP contribution in [-0.4, -0.2) is 57.2 Å². The summed E-state index contributed by atoms with van der Waals surface area (Å²) in [5, 5.41) is 10.1. The smallest absolute Gasteiger partial charge is 0.308 e. The lowest BCUT2D eigenvalue weighted by atomic mass is 9.83. The maximum absolute atomic E-state index is 14.1. The van der Waals surface area contributed by atoms with Gasteiger partial charge in [-0.25, -0.2) is 4.90 Å². The van der Waals surface area contributed by atoms with Crippen molar-refractivity contribution in [3.8, 4) is 11.5 Å². The Kier molecular flexibility index (Phi) is 7.41. The number of aromatic nitrogens is 1. The van der Waals surface area contributed by atoms with Crippen molar-refractivity contribution in [3.05, 3.63) is 68.1 Å². The van der Waals surface area contributed by atoms with E-state index in [4.69, 9.17) is 4.74 Å². The number of benzene rings is 2. The van der Waals surface area contributed by atoms with Crippen molar-refractivity contribution in [2.45, 2.75) is 55.8 Å². The van der Waals surface area contributed by atoms with Gasteiger partial charge in [-0.1, -0.05) is 46.9 Å². The van der Waals surface area contributed by atoms with Gasteiger partial charge in [0.15, 0.2) is 11.5 Å². The Balaban J connectivity index is 1.45. The molecule has 1 aromatic heterocycles. The van der Waals surface area contributed by atoms with Crippen molar-refractivity contribution < 1.29 is 24.2 Å². The fraction of sp³-hybridized carbons (Fsp3) is 0.400. The summed E-state index contributed by atoms with van der Waals surface area (Å²) in [5.74, 6) is -1.98. The van der Waals surface area contributed by atoms with Crippen LogP contribution in [0.3, 0.4) is 0 Å². The van der Waals surface area contributed by atoms with Crippen LogP contribution in [0.1, 0.15) is 48.1 Å². The second-order valence-electron chi connectivity index (χ2n) is 10.6. The molecule has 0 aliphatic carbocycles. The van der Waals surface area contributed by atoms with Gasteiger partial charge in [-0.2, -0.15) is 0 Å². The maximum Gasteiger partial charge on any atom is 0.308 e. The predicted octanol–water partition coefficient (Wildman–Crippen LogP) is 4.13. The number of fused-ring (bicyclic) bond motifs is 2. The number of anilines is 1. The van der Waals surface area contributed by atoms with Gasteiger partial charge in [-0.15, -0.1) is 0 Å². The first kappa shape index (κ1) is 27.6. The highest BCUT2D eigenvalue weighted by molar-refractivity contribution is 8.00. The van der Waals surface area contributed by atoms with Gasteiger partial charge >= 0.3 is 4.87 Å². The minimum atomic E-state index is -0.781. The zero-order valence-corrected chi connectivity index (χ0v) is 24.5. The first-order valence-corrected chi connectivity index (χ1v) is 15.6. The average molecular weight is 594 g/mol. The van der Waals surface area contributed by atoms with Crippen LogP contribution in [0.15, 0.2) is 52.3 Å². The van der Waals surface area contributed by atoms with Crippen molar-refractivity contribution in [3.63, 3.8) is 0 Å². The van der Waals surface area contributed by atoms with Gasteiger partial charge in [0.1, 0.15) is 11.8 Å². The van der Waals surface area contributed by atoms with Crippen molar-refractivity contribution in [1.82, 2.24) is 9.47 Å². The molecular weight excluding hydrogens is 562 g/mol. The molecule has 214 valence electrons. The number of amides is 3. The van der Waals surface area contributed by atoms with Crippen LogP contribution < -0.4 is 14.5 Å². The van der Waals surface area contributed by atoms with Crippen LogP contribution in [-0.2, 0) is 20.9 Å². The quantitative estimate of drug-likeness (QED) is 0.428. The monoisotopic (exact) mass is 593 g/mol. The molecule has 0 spiro atoms. The fourth-order valence-corrected chi connectivity index (χ4v) is 8.71. The number of ether oxygens (including phenoxy) is 1. The summed E-state index contributed by atoms with van der Waals surface area (Å²) in [5.41, 5.74) is 2.17. The molecule has 1 N–H and O–H groups in total. The molecule has 2 fully saturated rings. The molecule has 2 aromatic carbocycles. The minimum absolute atomic E-state index is 0.0365. The second-order valence-corrected chi connectivity index (χ2v) is 12.7. The number of carbonyl (C=O) groups is 3. The van der Waals surface area contributed by atoms with Gasteiger partial charge in [0, 0.05) is 23.9 Å². The Morgan fingerprint density at radius 3 is 2.46 bits per heavy atom. The lowest BCUT2D eigenvalue weighted by Gasteiger charge is -2.31. The number of thiazole rings is 1. The van der Waals surface area contributed by atoms with E-state index in [0.29, 0.717) is 40.9 Å². The molecule has 2 saturated heterocycles. The largest absolute Gasteiger partial charge is 0.504 e. The fourth-order valence-electron chi connectivity index (χ4n) is 5.94. The molecule has 3 amide bonds. The minimum Gasteiger partial charge on any atom is -0.504 e. The molecular formula is C30H31N3O6S2. The van der Waals surface area contributed by atoms with E-state index in [1.807, 2.05) is 19.1 Å². The van der Waals surface area contributed by atoms with Gasteiger partial charge in [-0.05, 0) is 62.9 Å². The molecule has 0 radical (unpaired) electrons. The summed E-state index contributed by atoms with van der Waals surface area (Å²) in [6, 6.07) is 12.1. The normalized spacial score (nSPS) is 22.0. The van der Waals surface area contributed by atoms with E-state index < -0.39 is 17.1 Å². The van der Waals surface area contributed by atoms with Crippen LogP contribution in [0.4, 0.5) is 5.69 Å². The Morgan fingerprint density at radius 1 is 1.02 bits per heavy atom. The third kappa shape index (κ3) is 4.84. The van der Waals surface area contributed by atoms with Crippen molar-refractivity contribution >= 4 is 46.5 Å². The number of aryl methyl sites for hydroxylation is 1. The van der Waals surface area contributed by atoms with E-state index >= 15 is 0 Å². The lowest BCUT2D eigenvalue weighted by Crippen LogP contribution is -2.39. The Hall–Kier alpha value is -3.57. The molecule has 11 heteroatoms. The van der Waals surface area contributed by atoms with Gasteiger partial charge < -0.3 is 14.7 Å². The van der Waals surface area contributed by atoms with E-state index in [1.54, 1.807) is 36.1 Å². The molecule has 3 aliphatic rings. The number of phenolic OH excluding ortho intramolecular Hbond substituents is 1. The number of nitrogens with zero attached hydrogens (tertiary/aromatic N) is 3. The number of aromatic hydroxyl groups is 1. The first-order chi connectivity index (χ1) is 19.8. The van der Waals surface area contributed by atoms with Gasteiger partial charge in [0.2, 0.25) is 17.7 Å². The highest BCUT2D eigenvalue weighted by atomic mass is 32.2. The molecule has 0 saturated carbocycles.